The van der Waals surface area contributed by atoms with Gasteiger partial charge in [-0.1, -0.05) is 6.07 Å². The van der Waals surface area contributed by atoms with Gasteiger partial charge in [0.05, 0.1) is 4.88 Å². The van der Waals surface area contributed by atoms with Crippen LogP contribution in [0.15, 0.2) is 35.8 Å². The summed E-state index contributed by atoms with van der Waals surface area (Å²) in [5.41, 5.74) is 0. The van der Waals surface area contributed by atoms with Gasteiger partial charge in [-0.3, -0.25) is 4.79 Å². The van der Waals surface area contributed by atoms with Gasteiger partial charge in [0, 0.05) is 6.20 Å². The minimum absolute atomic E-state index is 0.0394. The van der Waals surface area contributed by atoms with E-state index in [0.29, 0.717) is 4.88 Å². The first-order valence-corrected chi connectivity index (χ1v) is 5.14. The van der Waals surface area contributed by atoms with Gasteiger partial charge < -0.3 is 10.4 Å². The average Bonchev–Trinajstić information content (AvgIpc) is 2.74. The topological polar surface area (TPSA) is 62.2 Å². The van der Waals surface area contributed by atoms with E-state index >= 15 is 0 Å². The number of aromatic hydroxyl groups is 1. The summed E-state index contributed by atoms with van der Waals surface area (Å²) >= 11 is 1.33. The summed E-state index contributed by atoms with van der Waals surface area (Å²) in [6.07, 6.45) is 1.50. The van der Waals surface area contributed by atoms with E-state index in [1.54, 1.807) is 18.2 Å². The molecule has 2 rings (SSSR count). The van der Waals surface area contributed by atoms with E-state index in [0.717, 1.165) is 0 Å². The Bertz CT molecular complexity index is 468. The Morgan fingerprint density at radius 2 is 2.27 bits per heavy atom. The molecule has 0 aromatic carbocycles. The van der Waals surface area contributed by atoms with E-state index < -0.39 is 0 Å². The Morgan fingerprint density at radius 1 is 1.40 bits per heavy atom. The number of pyridine rings is 1. The summed E-state index contributed by atoms with van der Waals surface area (Å²) < 4.78 is 0. The molecule has 0 aliphatic heterocycles. The highest BCUT2D eigenvalue weighted by Crippen LogP contribution is 2.19. The lowest BCUT2D eigenvalue weighted by molar-refractivity contribution is 0.102. The first-order chi connectivity index (χ1) is 7.27. The smallest absolute Gasteiger partial charge is 0.266 e. The molecule has 0 radical (unpaired) electrons. The number of hydrogen-bond donors (Lipinski definition) is 2. The first-order valence-electron chi connectivity index (χ1n) is 4.26. The summed E-state index contributed by atoms with van der Waals surface area (Å²) in [5, 5.41) is 13.7. The van der Waals surface area contributed by atoms with Crippen LogP contribution in [0.4, 0.5) is 5.82 Å². The summed E-state index contributed by atoms with van der Waals surface area (Å²) in [4.78, 5) is 16.0. The van der Waals surface area contributed by atoms with E-state index in [2.05, 4.69) is 10.3 Å². The van der Waals surface area contributed by atoms with Gasteiger partial charge >= 0.3 is 0 Å². The maximum Gasteiger partial charge on any atom is 0.266 e. The van der Waals surface area contributed by atoms with Crippen LogP contribution in [0.3, 0.4) is 0 Å². The van der Waals surface area contributed by atoms with Crippen molar-refractivity contribution in [2.24, 2.45) is 0 Å². The van der Waals surface area contributed by atoms with Gasteiger partial charge in [0.25, 0.3) is 5.91 Å². The molecule has 4 nitrogen and oxygen atoms in total. The van der Waals surface area contributed by atoms with Gasteiger partial charge in [-0.25, -0.2) is 4.98 Å². The molecule has 2 N–H and O–H groups in total. The molecule has 0 unspecified atom stereocenters. The quantitative estimate of drug-likeness (QED) is 0.814. The van der Waals surface area contributed by atoms with E-state index in [1.165, 1.54) is 23.6 Å². The number of carbonyl (C=O) groups excluding carboxylic acids is 1. The number of thiophene rings is 1. The Kier molecular flexibility index (Phi) is 2.64. The fraction of sp³-hybridized carbons (Fsp3) is 0. The summed E-state index contributed by atoms with van der Waals surface area (Å²) in [6.45, 7) is 0. The van der Waals surface area contributed by atoms with Gasteiger partial charge in [0.15, 0.2) is 11.6 Å². The standard InChI is InChI=1S/C10H8N2O2S/c13-7-3-1-5-11-9(7)12-10(14)8-4-2-6-15-8/h1-6,13H,(H,11,12,14). The molecule has 0 spiro atoms. The molecule has 2 heterocycles. The van der Waals surface area contributed by atoms with Gasteiger partial charge in [-0.05, 0) is 23.6 Å². The molecular weight excluding hydrogens is 212 g/mol. The molecule has 2 aromatic heterocycles. The lowest BCUT2D eigenvalue weighted by Crippen LogP contribution is -2.11. The second kappa shape index (κ2) is 4.10. The SMILES string of the molecule is O=C(Nc1ncccc1O)c1cccs1. The van der Waals surface area contributed by atoms with Crippen LogP contribution in [0.1, 0.15) is 9.67 Å². The van der Waals surface area contributed by atoms with Crippen molar-refractivity contribution in [3.05, 3.63) is 40.7 Å². The molecule has 0 bridgehead atoms. The maximum absolute atomic E-state index is 11.6. The lowest BCUT2D eigenvalue weighted by atomic mass is 10.4. The van der Waals surface area contributed by atoms with Crippen LogP contribution in [0.25, 0.3) is 0 Å². The monoisotopic (exact) mass is 220 g/mol. The highest BCUT2D eigenvalue weighted by molar-refractivity contribution is 7.12. The van der Waals surface area contributed by atoms with Crippen LogP contribution in [-0.4, -0.2) is 16.0 Å². The van der Waals surface area contributed by atoms with E-state index in [1.807, 2.05) is 5.38 Å². The Balaban J connectivity index is 2.17. The fourth-order valence-corrected chi connectivity index (χ4v) is 1.69. The third-order valence-corrected chi connectivity index (χ3v) is 2.63. The van der Waals surface area contributed by atoms with Crippen LogP contribution in [0.5, 0.6) is 5.75 Å². The number of amides is 1. The second-order valence-electron chi connectivity index (χ2n) is 2.80. The lowest BCUT2D eigenvalue weighted by Gasteiger charge is -2.03. The average molecular weight is 220 g/mol. The number of hydrogen-bond acceptors (Lipinski definition) is 4. The predicted molar refractivity (Wildman–Crippen MR) is 58.2 cm³/mol. The second-order valence-corrected chi connectivity index (χ2v) is 3.75. The third-order valence-electron chi connectivity index (χ3n) is 1.76. The number of aromatic nitrogens is 1. The largest absolute Gasteiger partial charge is 0.504 e. The Hall–Kier alpha value is -1.88. The third kappa shape index (κ3) is 2.13. The molecule has 0 atom stereocenters. The predicted octanol–water partition coefficient (Wildman–Crippen LogP) is 2.10. The molecule has 0 aliphatic carbocycles. The van der Waals surface area contributed by atoms with Crippen LogP contribution in [0.2, 0.25) is 0 Å². The van der Waals surface area contributed by atoms with Crippen molar-refractivity contribution in [1.82, 2.24) is 4.98 Å². The van der Waals surface area contributed by atoms with Crippen LogP contribution >= 0.6 is 11.3 Å². The summed E-state index contributed by atoms with van der Waals surface area (Å²) in [7, 11) is 0. The summed E-state index contributed by atoms with van der Waals surface area (Å²) in [6, 6.07) is 6.56. The molecule has 5 heteroatoms. The molecule has 0 saturated heterocycles. The molecule has 15 heavy (non-hydrogen) atoms. The van der Waals surface area contributed by atoms with Crippen molar-refractivity contribution >= 4 is 23.1 Å². The van der Waals surface area contributed by atoms with Crippen LogP contribution < -0.4 is 5.32 Å². The highest BCUT2D eigenvalue weighted by atomic mass is 32.1. The Labute approximate surface area is 90.2 Å². The number of anilines is 1. The number of rotatable bonds is 2. The zero-order valence-electron chi connectivity index (χ0n) is 7.68. The maximum atomic E-state index is 11.6. The van der Waals surface area contributed by atoms with Gasteiger partial charge in [0.1, 0.15) is 0 Å². The molecular formula is C10H8N2O2S. The van der Waals surface area contributed by atoms with Crippen molar-refractivity contribution in [3.63, 3.8) is 0 Å². The molecule has 0 fully saturated rings. The molecule has 0 saturated carbocycles. The van der Waals surface area contributed by atoms with Crippen LogP contribution in [0, 0.1) is 0 Å². The normalized spacial score (nSPS) is 9.87. The van der Waals surface area contributed by atoms with Crippen molar-refractivity contribution in [3.8, 4) is 5.75 Å². The number of nitrogens with zero attached hydrogens (tertiary/aromatic N) is 1. The van der Waals surface area contributed by atoms with Crippen molar-refractivity contribution in [1.29, 1.82) is 0 Å². The number of carbonyl (C=O) groups is 1. The highest BCUT2D eigenvalue weighted by Gasteiger charge is 2.09. The Morgan fingerprint density at radius 3 is 2.93 bits per heavy atom. The minimum atomic E-state index is -0.265. The van der Waals surface area contributed by atoms with Crippen LogP contribution in [-0.2, 0) is 0 Å². The summed E-state index contributed by atoms with van der Waals surface area (Å²) in [5.74, 6) is -0.127. The molecule has 76 valence electrons. The van der Waals surface area contributed by atoms with E-state index in [4.69, 9.17) is 0 Å². The molecule has 1 amide bonds. The first kappa shape index (κ1) is 9.67. The zero-order valence-corrected chi connectivity index (χ0v) is 8.49. The van der Waals surface area contributed by atoms with Crippen molar-refractivity contribution < 1.29 is 9.90 Å². The molecule has 2 aromatic rings. The van der Waals surface area contributed by atoms with Gasteiger partial charge in [-0.2, -0.15) is 0 Å². The minimum Gasteiger partial charge on any atom is -0.504 e. The van der Waals surface area contributed by atoms with Gasteiger partial charge in [0.2, 0.25) is 0 Å². The zero-order chi connectivity index (χ0) is 10.7. The van der Waals surface area contributed by atoms with Gasteiger partial charge in [-0.15, -0.1) is 11.3 Å². The molecule has 0 aliphatic rings. The van der Waals surface area contributed by atoms with Crippen molar-refractivity contribution in [2.45, 2.75) is 0 Å². The van der Waals surface area contributed by atoms with Crippen molar-refractivity contribution in [2.75, 3.05) is 5.32 Å². The van der Waals surface area contributed by atoms with E-state index in [9.17, 15) is 9.90 Å². The number of nitrogens with one attached hydrogen (secondary N) is 1. The fourth-order valence-electron chi connectivity index (χ4n) is 1.07. The van der Waals surface area contributed by atoms with E-state index in [-0.39, 0.29) is 17.5 Å².